The molecule has 2 aromatic carbocycles. The maximum absolute atomic E-state index is 13.7. The highest BCUT2D eigenvalue weighted by Crippen LogP contribution is 2.18. The molecule has 4 unspecified atom stereocenters. The topological polar surface area (TPSA) is 277 Å². The number of hydrogen-bond acceptors (Lipinski definition) is 14. The van der Waals surface area contributed by atoms with Crippen molar-refractivity contribution in [3.63, 3.8) is 0 Å². The molecule has 406 valence electrons. The highest BCUT2D eigenvalue weighted by Gasteiger charge is 2.30. The Morgan fingerprint density at radius 3 is 1.47 bits per heavy atom. The predicted octanol–water partition coefficient (Wildman–Crippen LogP) is 4.48. The molecule has 2 aromatic rings. The first kappa shape index (κ1) is 64.9. The van der Waals surface area contributed by atoms with E-state index in [0.29, 0.717) is 45.3 Å². The molecule has 0 spiro atoms. The number of ether oxygens (including phenoxy) is 2. The summed E-state index contributed by atoms with van der Waals surface area (Å²) >= 11 is 0. The fourth-order valence-electron chi connectivity index (χ4n) is 7.44. The molecule has 7 N–H and O–H groups in total. The first-order valence-electron chi connectivity index (χ1n) is 25.2. The number of hydrogen-bond donors (Lipinski definition) is 6. The van der Waals surface area contributed by atoms with E-state index in [1.165, 1.54) is 7.11 Å². The second-order valence-electron chi connectivity index (χ2n) is 18.3. The van der Waals surface area contributed by atoms with E-state index in [9.17, 15) is 43.2 Å². The summed E-state index contributed by atoms with van der Waals surface area (Å²) in [7, 11) is 1.39. The third-order valence-corrected chi connectivity index (χ3v) is 11.1. The summed E-state index contributed by atoms with van der Waals surface area (Å²) in [4.78, 5) is 126. The van der Waals surface area contributed by atoms with Gasteiger partial charge in [0.2, 0.25) is 23.6 Å². The number of rotatable bonds is 39. The Balaban J connectivity index is 0.0000131. The van der Waals surface area contributed by atoms with Crippen LogP contribution in [0.1, 0.15) is 103 Å². The molecule has 0 aliphatic carbocycles. The number of Topliss-reactive ketones (excluding diaryl/α,β-unsaturated/α-hetero) is 4. The van der Waals surface area contributed by atoms with Gasteiger partial charge in [-0.15, -0.1) is 13.2 Å². The Labute approximate surface area is 431 Å². The zero-order valence-corrected chi connectivity index (χ0v) is 43.7. The molecule has 0 saturated heterocycles. The minimum atomic E-state index is -0.862. The quantitative estimate of drug-likeness (QED) is 0.0233. The van der Waals surface area contributed by atoms with Gasteiger partial charge in [0.05, 0.1) is 45.5 Å². The van der Waals surface area contributed by atoms with Crippen molar-refractivity contribution in [3.05, 3.63) is 84.9 Å². The molecule has 19 heteroatoms. The van der Waals surface area contributed by atoms with Gasteiger partial charge in [-0.2, -0.15) is 0 Å². The van der Waals surface area contributed by atoms with Crippen LogP contribution in [0.4, 0.5) is 4.79 Å². The lowest BCUT2D eigenvalue weighted by Gasteiger charge is -2.23. The molecule has 0 bridgehead atoms. The lowest BCUT2D eigenvalue weighted by molar-refractivity contribution is -0.272. The lowest BCUT2D eigenvalue weighted by atomic mass is 9.91. The largest absolute Gasteiger partial charge is 0.447 e. The maximum Gasteiger partial charge on any atom is 0.407 e. The molecule has 0 fully saturated rings. The lowest BCUT2D eigenvalue weighted by Crippen LogP contribution is -2.46. The number of alkyl carbamates (subject to hydrolysis) is 1. The van der Waals surface area contributed by atoms with E-state index in [2.05, 4.69) is 44.6 Å². The zero-order chi connectivity index (χ0) is 54.4. The Hall–Kier alpha value is -6.15. The maximum atomic E-state index is 13.7. The molecule has 19 nitrogen and oxygen atoms in total. The summed E-state index contributed by atoms with van der Waals surface area (Å²) in [6.45, 7) is 14.2. The van der Waals surface area contributed by atoms with Gasteiger partial charge >= 0.3 is 6.09 Å². The van der Waals surface area contributed by atoms with Gasteiger partial charge in [-0.3, -0.25) is 38.4 Å². The number of nitrogens with two attached hydrogens (primary N) is 1. The van der Waals surface area contributed by atoms with Gasteiger partial charge in [0.25, 0.3) is 0 Å². The van der Waals surface area contributed by atoms with Crippen LogP contribution in [-0.4, -0.2) is 125 Å². The van der Waals surface area contributed by atoms with Crippen LogP contribution in [0, 0.1) is 23.7 Å². The average Bonchev–Trinajstić information content (AvgIpc) is 3.37. The molecule has 0 aliphatic rings. The van der Waals surface area contributed by atoms with Crippen LogP contribution in [0.3, 0.4) is 0 Å². The smallest absolute Gasteiger partial charge is 0.407 e. The van der Waals surface area contributed by atoms with Gasteiger partial charge in [0.15, 0.2) is 17.3 Å². The number of carbonyl (C=O) groups excluding carboxylic acids is 9. The van der Waals surface area contributed by atoms with Crippen LogP contribution >= 0.6 is 0 Å². The molecule has 0 aromatic heterocycles. The first-order chi connectivity index (χ1) is 35.0. The summed E-state index contributed by atoms with van der Waals surface area (Å²) < 4.78 is 10.6. The molecule has 0 heterocycles. The van der Waals surface area contributed by atoms with Crippen molar-refractivity contribution in [2.24, 2.45) is 29.4 Å². The molecule has 5 amide bonds. The summed E-state index contributed by atoms with van der Waals surface area (Å²) in [5.41, 5.74) is 7.22. The van der Waals surface area contributed by atoms with Crippen molar-refractivity contribution in [1.82, 2.24) is 26.6 Å². The molecule has 2 rings (SSSR count). The van der Waals surface area contributed by atoms with E-state index in [0.717, 1.165) is 11.1 Å². The minimum Gasteiger partial charge on any atom is -0.447 e. The Bertz CT molecular complexity index is 1970. The van der Waals surface area contributed by atoms with Crippen LogP contribution in [-0.2, 0) is 70.4 Å². The third-order valence-electron chi connectivity index (χ3n) is 11.1. The summed E-state index contributed by atoms with van der Waals surface area (Å²) in [5.74, 6) is -4.25. The van der Waals surface area contributed by atoms with Gasteiger partial charge in [0, 0.05) is 70.1 Å². The van der Waals surface area contributed by atoms with Crippen LogP contribution in [0.2, 0.25) is 0 Å². The van der Waals surface area contributed by atoms with E-state index in [-0.39, 0.29) is 119 Å². The highest BCUT2D eigenvalue weighted by molar-refractivity contribution is 5.95. The Morgan fingerprint density at radius 1 is 0.575 bits per heavy atom. The Morgan fingerprint density at radius 2 is 1.03 bits per heavy atom. The fourth-order valence-corrected chi connectivity index (χ4v) is 7.44. The second-order valence-corrected chi connectivity index (χ2v) is 18.3. The Kier molecular flexibility index (Phi) is 35.0. The van der Waals surface area contributed by atoms with Crippen LogP contribution in [0.25, 0.3) is 0 Å². The molecule has 0 aliphatic heterocycles. The van der Waals surface area contributed by atoms with Crippen molar-refractivity contribution in [3.8, 4) is 0 Å². The molecular weight excluding hydrogens is 941 g/mol. The summed E-state index contributed by atoms with van der Waals surface area (Å²) in [6, 6.07) is 16.7. The predicted molar refractivity (Wildman–Crippen MR) is 276 cm³/mol. The fraction of sp³-hybridized carbons (Fsp3) is 0.574. The van der Waals surface area contributed by atoms with Gasteiger partial charge < -0.3 is 41.8 Å². The molecule has 4 atom stereocenters. The van der Waals surface area contributed by atoms with Crippen LogP contribution in [0.15, 0.2) is 73.8 Å². The first-order valence-corrected chi connectivity index (χ1v) is 25.2. The van der Waals surface area contributed by atoms with Crippen molar-refractivity contribution >= 4 is 52.9 Å². The number of amides is 5. The second kappa shape index (κ2) is 39.4. The highest BCUT2D eigenvalue weighted by atomic mass is 17.2. The number of benzene rings is 2. The van der Waals surface area contributed by atoms with E-state index in [4.69, 9.17) is 20.1 Å². The van der Waals surface area contributed by atoms with Crippen molar-refractivity contribution in [1.29, 1.82) is 0 Å². The van der Waals surface area contributed by atoms with Crippen molar-refractivity contribution in [2.45, 2.75) is 117 Å². The van der Waals surface area contributed by atoms with Gasteiger partial charge in [-0.1, -0.05) is 88.4 Å². The zero-order valence-electron chi connectivity index (χ0n) is 43.7. The number of nitrogens with one attached hydrogen (secondary N) is 5. The monoisotopic (exact) mass is 1020 g/mol. The average molecular weight is 1020 g/mol. The number of ketones is 4. The summed E-state index contributed by atoms with van der Waals surface area (Å²) in [6.07, 6.45) is 0.784. The van der Waals surface area contributed by atoms with E-state index in [1.54, 1.807) is 0 Å². The molecule has 0 saturated carbocycles. The van der Waals surface area contributed by atoms with Crippen molar-refractivity contribution < 1.29 is 62.4 Å². The van der Waals surface area contributed by atoms with E-state index in [1.807, 2.05) is 88.4 Å². The van der Waals surface area contributed by atoms with E-state index < -0.39 is 54.2 Å². The van der Waals surface area contributed by atoms with Gasteiger partial charge in [0.1, 0.15) is 12.4 Å². The normalized spacial score (nSPS) is 12.5. The van der Waals surface area contributed by atoms with Crippen LogP contribution < -0.4 is 32.3 Å². The van der Waals surface area contributed by atoms with E-state index >= 15 is 0 Å². The standard InChI is InChI=1S/C52H78N6O13.C2H4/c1-36(2)28-44(57-50(65)40(32-42(59)34-53)30-38-14-8-6-9-15-38)46(61)18-20-48(63)54-22-12-24-69-26-27-70-52(67)56-35-43(60)33-41(31-39-16-10-7-11-17-39)51(66)58-45(29-37(3)4)47(62)19-21-49(64)55-23-13-25-71-68-5;1-2/h6-11,14-17,36-37,40-41,44-45H,12-13,18-35,53H2,1-5H3,(H,54,63)(H,55,64)(H,56,67)(H,57,65)(H,58,66);1-2H2. The van der Waals surface area contributed by atoms with Crippen molar-refractivity contribution in [2.75, 3.05) is 59.7 Å². The molecule has 73 heavy (non-hydrogen) atoms. The summed E-state index contributed by atoms with van der Waals surface area (Å²) in [5, 5.41) is 13.6. The van der Waals surface area contributed by atoms with Gasteiger partial charge in [-0.25, -0.2) is 14.6 Å². The minimum absolute atomic E-state index is 0.0450. The third kappa shape index (κ3) is 31.1. The van der Waals surface area contributed by atoms with Gasteiger partial charge in [-0.05, 0) is 61.5 Å². The molecule has 0 radical (unpaired) electrons. The number of carbonyl (C=O) groups is 9. The molecular formula is C54H82N6O13. The van der Waals surface area contributed by atoms with Crippen LogP contribution in [0.5, 0.6) is 0 Å². The SMILES string of the molecule is C=C.COOCCCNC(=O)CCC(=O)C(CC(C)C)NC(=O)C(CC(=O)CNC(=O)OCCOCCCNC(=O)CCC(=O)C(CC(C)C)NC(=O)C(CC(=O)CN)Cc1ccccc1)Cc1ccccc1.